The van der Waals surface area contributed by atoms with Gasteiger partial charge in [0.15, 0.2) is 0 Å². The molecule has 0 saturated heterocycles. The molecule has 0 aliphatic heterocycles. The monoisotopic (exact) mass is 834 g/mol. The summed E-state index contributed by atoms with van der Waals surface area (Å²) in [5, 5.41) is 0. The number of ether oxygens (including phenoxy) is 2. The van der Waals surface area contributed by atoms with Crippen molar-refractivity contribution in [1.82, 2.24) is 0 Å². The first-order chi connectivity index (χ1) is 31.4. The predicted molar refractivity (Wildman–Crippen MR) is 268 cm³/mol. The molecule has 0 radical (unpaired) electrons. The average Bonchev–Trinajstić information content (AvgIpc) is 3.34. The first-order valence-corrected chi connectivity index (χ1v) is 21.5. The van der Waals surface area contributed by atoms with Gasteiger partial charge in [-0.15, -0.1) is 0 Å². The number of hydrogen-bond acceptors (Lipinski definition) is 6. The van der Waals surface area contributed by atoms with Crippen LogP contribution in [0.15, 0.2) is 231 Å². The molecule has 0 fully saturated rings. The number of methoxy groups -OCH3 is 2. The van der Waals surface area contributed by atoms with Gasteiger partial charge in [-0.25, -0.2) is 0 Å². The summed E-state index contributed by atoms with van der Waals surface area (Å²) < 4.78 is 11.0. The SMILES string of the molecule is COc1ccc(N(c2ccc(N(c3ccccc3)c3ccc(N(c4ccccc4)c4ccc(N(c5ccc(OC)cc5)c5cccc(C)c5)cc4)cc3)cc2)c2cccc(C)c2)cc1. The summed E-state index contributed by atoms with van der Waals surface area (Å²) in [4.78, 5) is 9.17. The number of benzene rings is 9. The molecule has 0 N–H and O–H groups in total. The third kappa shape index (κ3) is 8.89. The van der Waals surface area contributed by atoms with Gasteiger partial charge < -0.3 is 29.1 Å². The van der Waals surface area contributed by atoms with Crippen molar-refractivity contribution in [2.24, 2.45) is 0 Å². The highest BCUT2D eigenvalue weighted by Crippen LogP contribution is 2.43. The Bertz CT molecular complexity index is 2700. The van der Waals surface area contributed by atoms with E-state index < -0.39 is 0 Å². The second-order valence-electron chi connectivity index (χ2n) is 15.6. The molecule has 0 saturated carbocycles. The minimum atomic E-state index is 0.823. The molecule has 0 amide bonds. The molecule has 6 nitrogen and oxygen atoms in total. The molecule has 0 bridgehead atoms. The summed E-state index contributed by atoms with van der Waals surface area (Å²) in [6.45, 7) is 4.25. The Balaban J connectivity index is 1.06. The zero-order chi connectivity index (χ0) is 43.8. The van der Waals surface area contributed by atoms with Gasteiger partial charge in [0.25, 0.3) is 0 Å². The quantitative estimate of drug-likeness (QED) is 0.108. The summed E-state index contributed by atoms with van der Waals surface area (Å²) >= 11 is 0. The van der Waals surface area contributed by atoms with Crippen molar-refractivity contribution in [3.8, 4) is 11.5 Å². The van der Waals surface area contributed by atoms with Crippen molar-refractivity contribution >= 4 is 68.2 Å². The van der Waals surface area contributed by atoms with Gasteiger partial charge in [0.1, 0.15) is 11.5 Å². The van der Waals surface area contributed by atoms with Crippen LogP contribution < -0.4 is 29.1 Å². The summed E-state index contributed by atoms with van der Waals surface area (Å²) in [6, 6.07) is 81.1. The highest BCUT2D eigenvalue weighted by atomic mass is 16.5. The van der Waals surface area contributed by atoms with E-state index in [9.17, 15) is 0 Å². The average molecular weight is 835 g/mol. The molecule has 0 aromatic heterocycles. The number of hydrogen-bond donors (Lipinski definition) is 0. The lowest BCUT2D eigenvalue weighted by Crippen LogP contribution is -2.13. The number of anilines is 12. The number of rotatable bonds is 14. The maximum Gasteiger partial charge on any atom is 0.119 e. The largest absolute Gasteiger partial charge is 0.497 e. The maximum atomic E-state index is 5.49. The van der Waals surface area contributed by atoms with E-state index in [1.165, 1.54) is 11.1 Å². The fourth-order valence-corrected chi connectivity index (χ4v) is 8.19. The van der Waals surface area contributed by atoms with Crippen molar-refractivity contribution in [3.63, 3.8) is 0 Å². The molecule has 0 unspecified atom stereocenters. The van der Waals surface area contributed by atoms with Gasteiger partial charge in [0.05, 0.1) is 14.2 Å². The van der Waals surface area contributed by atoms with Gasteiger partial charge in [0, 0.05) is 68.2 Å². The minimum Gasteiger partial charge on any atom is -0.497 e. The van der Waals surface area contributed by atoms with Crippen molar-refractivity contribution in [1.29, 1.82) is 0 Å². The van der Waals surface area contributed by atoms with E-state index in [4.69, 9.17) is 9.47 Å². The van der Waals surface area contributed by atoms with Gasteiger partial charge in [-0.2, -0.15) is 0 Å². The van der Waals surface area contributed by atoms with Crippen LogP contribution in [-0.2, 0) is 0 Å². The van der Waals surface area contributed by atoms with Crippen molar-refractivity contribution in [2.45, 2.75) is 13.8 Å². The fraction of sp³-hybridized carbons (Fsp3) is 0.0690. The van der Waals surface area contributed by atoms with Crippen LogP contribution in [0.4, 0.5) is 68.2 Å². The second kappa shape index (κ2) is 18.8. The Morgan fingerprint density at radius 1 is 0.234 bits per heavy atom. The minimum absolute atomic E-state index is 0.823. The number of para-hydroxylation sites is 2. The van der Waals surface area contributed by atoms with Crippen LogP contribution in [0.25, 0.3) is 0 Å². The van der Waals surface area contributed by atoms with Gasteiger partial charge in [0.2, 0.25) is 0 Å². The van der Waals surface area contributed by atoms with Crippen molar-refractivity contribution in [2.75, 3.05) is 33.8 Å². The lowest BCUT2D eigenvalue weighted by Gasteiger charge is -2.30. The summed E-state index contributed by atoms with van der Waals surface area (Å²) in [5.74, 6) is 1.65. The molecule has 0 atom stereocenters. The smallest absolute Gasteiger partial charge is 0.119 e. The maximum absolute atomic E-state index is 5.49. The Labute approximate surface area is 377 Å². The second-order valence-corrected chi connectivity index (χ2v) is 15.6. The van der Waals surface area contributed by atoms with Crippen molar-refractivity contribution < 1.29 is 9.47 Å². The van der Waals surface area contributed by atoms with Crippen molar-refractivity contribution in [3.05, 3.63) is 242 Å². The molecule has 9 rings (SSSR count). The van der Waals surface area contributed by atoms with Crippen LogP contribution in [0, 0.1) is 13.8 Å². The van der Waals surface area contributed by atoms with Gasteiger partial charge in [-0.1, -0.05) is 60.7 Å². The topological polar surface area (TPSA) is 31.4 Å². The summed E-state index contributed by atoms with van der Waals surface area (Å²) in [5.41, 5.74) is 15.1. The Morgan fingerprint density at radius 2 is 0.453 bits per heavy atom. The normalized spacial score (nSPS) is 10.8. The Kier molecular flexibility index (Phi) is 12.1. The molecule has 64 heavy (non-hydrogen) atoms. The summed E-state index contributed by atoms with van der Waals surface area (Å²) in [7, 11) is 3.39. The third-order valence-electron chi connectivity index (χ3n) is 11.3. The van der Waals surface area contributed by atoms with Crippen LogP contribution in [0.3, 0.4) is 0 Å². The molecule has 0 aliphatic carbocycles. The lowest BCUT2D eigenvalue weighted by atomic mass is 10.1. The molecular formula is C58H50N4O2. The Morgan fingerprint density at radius 3 is 0.703 bits per heavy atom. The van der Waals surface area contributed by atoms with Gasteiger partial charge in [-0.05, 0) is 195 Å². The predicted octanol–water partition coefficient (Wildman–Crippen LogP) is 16.2. The van der Waals surface area contributed by atoms with Gasteiger partial charge in [-0.3, -0.25) is 0 Å². The zero-order valence-corrected chi connectivity index (χ0v) is 36.5. The van der Waals surface area contributed by atoms with Crippen LogP contribution >= 0.6 is 0 Å². The van der Waals surface area contributed by atoms with Crippen LogP contribution in [0.2, 0.25) is 0 Å². The van der Waals surface area contributed by atoms with Crippen LogP contribution in [0.5, 0.6) is 11.5 Å². The van der Waals surface area contributed by atoms with E-state index >= 15 is 0 Å². The van der Waals surface area contributed by atoms with E-state index in [2.05, 4.69) is 240 Å². The summed E-state index contributed by atoms with van der Waals surface area (Å²) in [6.07, 6.45) is 0. The van der Waals surface area contributed by atoms with Crippen LogP contribution in [0.1, 0.15) is 11.1 Å². The zero-order valence-electron chi connectivity index (χ0n) is 36.5. The molecule has 6 heteroatoms. The van der Waals surface area contributed by atoms with Crippen LogP contribution in [-0.4, -0.2) is 14.2 Å². The fourth-order valence-electron chi connectivity index (χ4n) is 8.19. The first-order valence-electron chi connectivity index (χ1n) is 21.5. The first kappa shape index (κ1) is 41.1. The third-order valence-corrected chi connectivity index (χ3v) is 11.3. The van der Waals surface area contributed by atoms with E-state index in [1.54, 1.807) is 14.2 Å². The lowest BCUT2D eigenvalue weighted by molar-refractivity contribution is 0.414. The molecule has 9 aromatic rings. The van der Waals surface area contributed by atoms with E-state index in [1.807, 2.05) is 24.3 Å². The standard InChI is InChI=1S/C58H50N4O2/c1-43-13-11-19-55(41-43)61(53-33-37-57(63-3)38-34-53)51-29-25-49(26-30-51)59(45-15-7-5-8-16-45)47-21-23-48(24-22-47)60(46-17-9-6-10-18-46)50-27-31-52(32-28-50)62(56-20-12-14-44(2)42-56)54-35-39-58(64-4)40-36-54/h5-42H,1-4H3. The molecule has 0 spiro atoms. The number of nitrogens with zero attached hydrogens (tertiary/aromatic N) is 4. The highest BCUT2D eigenvalue weighted by Gasteiger charge is 2.19. The van der Waals surface area contributed by atoms with Gasteiger partial charge >= 0.3 is 0 Å². The van der Waals surface area contributed by atoms with E-state index in [0.717, 1.165) is 79.7 Å². The molecule has 314 valence electrons. The molecular weight excluding hydrogens is 785 g/mol. The van der Waals surface area contributed by atoms with E-state index in [0.29, 0.717) is 0 Å². The van der Waals surface area contributed by atoms with E-state index in [-0.39, 0.29) is 0 Å². The molecule has 0 heterocycles. The molecule has 0 aliphatic rings. The highest BCUT2D eigenvalue weighted by molar-refractivity contribution is 5.85. The Hall–Kier alpha value is -8.22. The molecule has 9 aromatic carbocycles. The number of aryl methyl sites for hydroxylation is 2.